The van der Waals surface area contributed by atoms with Gasteiger partial charge >= 0.3 is 0 Å². The average molecular weight is 435 g/mol. The Bertz CT molecular complexity index is 1020. The van der Waals surface area contributed by atoms with Crippen LogP contribution < -0.4 is 20.1 Å². The van der Waals surface area contributed by atoms with Crippen molar-refractivity contribution >= 4 is 28.9 Å². The number of benzene rings is 3. The van der Waals surface area contributed by atoms with Crippen molar-refractivity contribution in [3.05, 3.63) is 89.5 Å². The summed E-state index contributed by atoms with van der Waals surface area (Å²) in [7, 11) is 0. The van der Waals surface area contributed by atoms with Crippen LogP contribution in [0.25, 0.3) is 0 Å². The van der Waals surface area contributed by atoms with Gasteiger partial charge in [-0.15, -0.1) is 0 Å². The Labute approximate surface area is 188 Å². The first-order valence-corrected chi connectivity index (χ1v) is 10.6. The fourth-order valence-electron chi connectivity index (χ4n) is 3.06. The van der Waals surface area contributed by atoms with Gasteiger partial charge in [-0.3, -0.25) is 10.1 Å². The van der Waals surface area contributed by atoms with Crippen LogP contribution in [0.1, 0.15) is 28.4 Å². The molecule has 31 heavy (non-hydrogen) atoms. The van der Waals surface area contributed by atoms with Gasteiger partial charge in [0, 0.05) is 11.3 Å². The molecule has 1 amide bonds. The van der Waals surface area contributed by atoms with E-state index in [9.17, 15) is 4.79 Å². The van der Waals surface area contributed by atoms with E-state index in [1.807, 2.05) is 55.5 Å². The number of hydrogen-bond donors (Lipinski definition) is 2. The van der Waals surface area contributed by atoms with Gasteiger partial charge in [-0.2, -0.15) is 0 Å². The summed E-state index contributed by atoms with van der Waals surface area (Å²) in [6, 6.07) is 22.6. The molecule has 0 saturated heterocycles. The minimum atomic E-state index is -0.275. The third-order valence-electron chi connectivity index (χ3n) is 4.69. The number of anilines is 1. The Morgan fingerprint density at radius 2 is 1.52 bits per heavy atom. The molecule has 0 radical (unpaired) electrons. The molecule has 0 aliphatic rings. The summed E-state index contributed by atoms with van der Waals surface area (Å²) < 4.78 is 11.3. The molecule has 0 aromatic heterocycles. The zero-order chi connectivity index (χ0) is 22.1. The number of rotatable bonds is 8. The molecule has 3 aromatic carbocycles. The van der Waals surface area contributed by atoms with Crippen LogP contribution in [0.5, 0.6) is 11.5 Å². The molecule has 0 saturated carbocycles. The van der Waals surface area contributed by atoms with Crippen molar-refractivity contribution in [3.8, 4) is 11.5 Å². The second-order valence-electron chi connectivity index (χ2n) is 6.91. The zero-order valence-corrected chi connectivity index (χ0v) is 18.5. The molecule has 5 nitrogen and oxygen atoms in total. The lowest BCUT2D eigenvalue weighted by Crippen LogP contribution is -2.34. The number of ether oxygens (including phenoxy) is 2. The first kappa shape index (κ1) is 22.3. The molecule has 0 atom stereocenters. The van der Waals surface area contributed by atoms with E-state index in [1.54, 1.807) is 24.3 Å². The minimum absolute atomic E-state index is 0.271. The van der Waals surface area contributed by atoms with Crippen molar-refractivity contribution < 1.29 is 14.3 Å². The van der Waals surface area contributed by atoms with Crippen LogP contribution in [0.15, 0.2) is 72.8 Å². The summed E-state index contributed by atoms with van der Waals surface area (Å²) in [5, 5.41) is 6.15. The van der Waals surface area contributed by atoms with Crippen molar-refractivity contribution in [2.75, 3.05) is 18.5 Å². The normalized spacial score (nSPS) is 10.3. The Morgan fingerprint density at radius 3 is 2.16 bits per heavy atom. The Balaban J connectivity index is 1.48. The van der Waals surface area contributed by atoms with Crippen LogP contribution in [0, 0.1) is 6.92 Å². The molecule has 0 bridgehead atoms. The summed E-state index contributed by atoms with van der Waals surface area (Å²) in [5.74, 6) is 1.20. The topological polar surface area (TPSA) is 59.6 Å². The predicted molar refractivity (Wildman–Crippen MR) is 128 cm³/mol. The molecule has 0 unspecified atom stereocenters. The lowest BCUT2D eigenvalue weighted by atomic mass is 10.1. The summed E-state index contributed by atoms with van der Waals surface area (Å²) in [6.45, 7) is 4.93. The van der Waals surface area contributed by atoms with Crippen LogP contribution in [-0.4, -0.2) is 24.2 Å². The first-order chi connectivity index (χ1) is 15.1. The number of nitrogens with one attached hydrogen (secondary N) is 2. The van der Waals surface area contributed by atoms with Gasteiger partial charge in [0.15, 0.2) is 5.11 Å². The standard InChI is InChI=1S/C25H26N2O3S/c1-3-19-9-7-8-18(2)23(19)26-25(31)27-24(28)20-12-14-22(15-13-20)30-17-16-29-21-10-5-4-6-11-21/h4-15H,3,16-17H2,1-2H3,(H2,26,27,28,31). The molecule has 0 heterocycles. The molecule has 0 spiro atoms. The van der Waals surface area contributed by atoms with Crippen LogP contribution in [-0.2, 0) is 6.42 Å². The van der Waals surface area contributed by atoms with Gasteiger partial charge in [0.2, 0.25) is 0 Å². The SMILES string of the molecule is CCc1cccc(C)c1NC(=S)NC(=O)c1ccc(OCCOc2ccccc2)cc1. The fourth-order valence-corrected chi connectivity index (χ4v) is 3.26. The first-order valence-electron chi connectivity index (χ1n) is 10.2. The molecule has 0 aliphatic carbocycles. The van der Waals surface area contributed by atoms with Crippen molar-refractivity contribution in [2.45, 2.75) is 20.3 Å². The largest absolute Gasteiger partial charge is 0.490 e. The van der Waals surface area contributed by atoms with Crippen molar-refractivity contribution in [3.63, 3.8) is 0 Å². The highest BCUT2D eigenvalue weighted by Gasteiger charge is 2.11. The van der Waals surface area contributed by atoms with E-state index in [2.05, 4.69) is 17.6 Å². The summed E-state index contributed by atoms with van der Waals surface area (Å²) in [4.78, 5) is 12.5. The minimum Gasteiger partial charge on any atom is -0.490 e. The third kappa shape index (κ3) is 6.55. The lowest BCUT2D eigenvalue weighted by Gasteiger charge is -2.15. The maximum absolute atomic E-state index is 12.5. The second kappa shape index (κ2) is 11.1. The Hall–Kier alpha value is -3.38. The Kier molecular flexibility index (Phi) is 8.01. The number of thiocarbonyl (C=S) groups is 1. The molecule has 0 aliphatic heterocycles. The molecule has 6 heteroatoms. The van der Waals surface area contributed by atoms with Gasteiger partial charge in [0.25, 0.3) is 5.91 Å². The maximum atomic E-state index is 12.5. The van der Waals surface area contributed by atoms with Gasteiger partial charge < -0.3 is 14.8 Å². The van der Waals surface area contributed by atoms with Crippen LogP contribution in [0.3, 0.4) is 0 Å². The molecule has 3 aromatic rings. The summed E-state index contributed by atoms with van der Waals surface area (Å²) in [6.07, 6.45) is 0.873. The van der Waals surface area contributed by atoms with Crippen LogP contribution >= 0.6 is 12.2 Å². The molecule has 0 fully saturated rings. The van der Waals surface area contributed by atoms with E-state index >= 15 is 0 Å². The summed E-state index contributed by atoms with van der Waals surface area (Å²) in [5.41, 5.74) is 3.66. The van der Waals surface area contributed by atoms with Crippen molar-refractivity contribution in [1.29, 1.82) is 0 Å². The van der Waals surface area contributed by atoms with E-state index in [0.29, 0.717) is 24.5 Å². The zero-order valence-electron chi connectivity index (χ0n) is 17.7. The van der Waals surface area contributed by atoms with Gasteiger partial charge in [0.05, 0.1) is 0 Å². The second-order valence-corrected chi connectivity index (χ2v) is 7.31. The van der Waals surface area contributed by atoms with Crippen LogP contribution in [0.4, 0.5) is 5.69 Å². The highest BCUT2D eigenvalue weighted by molar-refractivity contribution is 7.80. The molecule has 160 valence electrons. The van der Waals surface area contributed by atoms with E-state index in [-0.39, 0.29) is 11.0 Å². The van der Waals surface area contributed by atoms with Crippen molar-refractivity contribution in [1.82, 2.24) is 5.32 Å². The number of hydrogen-bond acceptors (Lipinski definition) is 4. The number of amides is 1. The number of carbonyl (C=O) groups excluding carboxylic acids is 1. The average Bonchev–Trinajstić information content (AvgIpc) is 2.79. The highest BCUT2D eigenvalue weighted by Crippen LogP contribution is 2.21. The van der Waals surface area contributed by atoms with E-state index in [1.165, 1.54) is 0 Å². The van der Waals surface area contributed by atoms with Gasteiger partial charge in [-0.25, -0.2) is 0 Å². The smallest absolute Gasteiger partial charge is 0.257 e. The molecular weight excluding hydrogens is 408 g/mol. The number of carbonyl (C=O) groups is 1. The van der Waals surface area contributed by atoms with E-state index in [4.69, 9.17) is 21.7 Å². The third-order valence-corrected chi connectivity index (χ3v) is 4.89. The lowest BCUT2D eigenvalue weighted by molar-refractivity contribution is 0.0977. The highest BCUT2D eigenvalue weighted by atomic mass is 32.1. The van der Waals surface area contributed by atoms with Crippen LogP contribution in [0.2, 0.25) is 0 Å². The molecule has 2 N–H and O–H groups in total. The van der Waals surface area contributed by atoms with E-state index < -0.39 is 0 Å². The number of para-hydroxylation sites is 2. The molecular formula is C25H26N2O3S. The monoisotopic (exact) mass is 434 g/mol. The molecule has 3 rings (SSSR count). The fraction of sp³-hybridized carbons (Fsp3) is 0.200. The van der Waals surface area contributed by atoms with Gasteiger partial charge in [0.1, 0.15) is 24.7 Å². The predicted octanol–water partition coefficient (Wildman–Crippen LogP) is 5.14. The summed E-state index contributed by atoms with van der Waals surface area (Å²) >= 11 is 5.33. The quantitative estimate of drug-likeness (QED) is 0.380. The number of aryl methyl sites for hydroxylation is 2. The van der Waals surface area contributed by atoms with Gasteiger partial charge in [-0.05, 0) is 73.1 Å². The van der Waals surface area contributed by atoms with Crippen molar-refractivity contribution in [2.24, 2.45) is 0 Å². The Morgan fingerprint density at radius 1 is 0.871 bits per heavy atom. The van der Waals surface area contributed by atoms with E-state index in [0.717, 1.165) is 29.0 Å². The maximum Gasteiger partial charge on any atom is 0.257 e. The van der Waals surface area contributed by atoms with Gasteiger partial charge in [-0.1, -0.05) is 43.3 Å².